The van der Waals surface area contributed by atoms with E-state index in [9.17, 15) is 23.1 Å². The van der Waals surface area contributed by atoms with Gasteiger partial charge in [0.15, 0.2) is 5.69 Å². The number of methoxy groups -OCH3 is 1. The molecule has 1 saturated carbocycles. The second-order valence-electron chi connectivity index (χ2n) is 5.31. The van der Waals surface area contributed by atoms with Crippen LogP contribution in [0, 0.1) is 0 Å². The molecule has 2 rings (SSSR count). The summed E-state index contributed by atoms with van der Waals surface area (Å²) >= 11 is 0. The Labute approximate surface area is 125 Å². The zero-order valence-corrected chi connectivity index (χ0v) is 12.2. The molecule has 0 bridgehead atoms. The van der Waals surface area contributed by atoms with Crippen LogP contribution < -0.4 is 5.32 Å². The Morgan fingerprint density at radius 3 is 2.73 bits per heavy atom. The molecule has 0 spiro atoms. The lowest BCUT2D eigenvalue weighted by molar-refractivity contribution is -0.143. The average molecular weight is 321 g/mol. The lowest BCUT2D eigenvalue weighted by Crippen LogP contribution is -2.51. The number of amides is 1. The van der Waals surface area contributed by atoms with Crippen LogP contribution in [-0.2, 0) is 18.0 Å². The summed E-state index contributed by atoms with van der Waals surface area (Å²) in [7, 11) is 2.59. The second kappa shape index (κ2) is 6.25. The van der Waals surface area contributed by atoms with E-state index in [2.05, 4.69) is 10.4 Å². The number of halogens is 3. The standard InChI is InChI=1S/C13H18F3N3O3/c1-19-10(13(14,15)16)6-8(18-19)12(21)17-7-4-3-5-9(22-2)11(7)20/h6-7,9,11,20H,3-5H2,1-2H3,(H,17,21)/t7-,9-,11-/m1/s1. The third-order valence-corrected chi connectivity index (χ3v) is 3.82. The molecule has 0 aliphatic heterocycles. The lowest BCUT2D eigenvalue weighted by atomic mass is 9.90. The summed E-state index contributed by atoms with van der Waals surface area (Å²) in [6.45, 7) is 0. The van der Waals surface area contributed by atoms with Crippen molar-refractivity contribution < 1.29 is 27.8 Å². The summed E-state index contributed by atoms with van der Waals surface area (Å²) in [6.07, 6.45) is -3.91. The van der Waals surface area contributed by atoms with Gasteiger partial charge in [0.05, 0.1) is 12.1 Å². The van der Waals surface area contributed by atoms with Crippen LogP contribution >= 0.6 is 0 Å². The molecule has 22 heavy (non-hydrogen) atoms. The highest BCUT2D eigenvalue weighted by Crippen LogP contribution is 2.29. The summed E-state index contributed by atoms with van der Waals surface area (Å²) in [6, 6.07) is 0.126. The highest BCUT2D eigenvalue weighted by atomic mass is 19.4. The second-order valence-corrected chi connectivity index (χ2v) is 5.31. The number of hydrogen-bond acceptors (Lipinski definition) is 4. The summed E-state index contributed by atoms with van der Waals surface area (Å²) in [5.74, 6) is -0.744. The molecule has 1 aliphatic carbocycles. The van der Waals surface area contributed by atoms with Crippen molar-refractivity contribution in [3.05, 3.63) is 17.5 Å². The Balaban J connectivity index is 2.09. The predicted molar refractivity (Wildman–Crippen MR) is 70.1 cm³/mol. The minimum Gasteiger partial charge on any atom is -0.388 e. The van der Waals surface area contributed by atoms with Crippen molar-refractivity contribution in [1.82, 2.24) is 15.1 Å². The molecule has 2 N–H and O–H groups in total. The van der Waals surface area contributed by atoms with Gasteiger partial charge in [-0.2, -0.15) is 18.3 Å². The molecule has 0 aromatic carbocycles. The van der Waals surface area contributed by atoms with Gasteiger partial charge in [0.2, 0.25) is 0 Å². The van der Waals surface area contributed by atoms with Crippen molar-refractivity contribution >= 4 is 5.91 Å². The van der Waals surface area contributed by atoms with Crippen LogP contribution in [0.1, 0.15) is 35.4 Å². The number of carbonyl (C=O) groups excluding carboxylic acids is 1. The van der Waals surface area contributed by atoms with Gasteiger partial charge >= 0.3 is 6.18 Å². The zero-order valence-electron chi connectivity index (χ0n) is 12.2. The quantitative estimate of drug-likeness (QED) is 0.874. The zero-order chi connectivity index (χ0) is 16.5. The van der Waals surface area contributed by atoms with Crippen LogP contribution in [0.25, 0.3) is 0 Å². The average Bonchev–Trinajstić information content (AvgIpc) is 2.83. The number of nitrogens with zero attached hydrogens (tertiary/aromatic N) is 2. The minimum atomic E-state index is -4.58. The van der Waals surface area contributed by atoms with E-state index in [0.717, 1.165) is 13.5 Å². The monoisotopic (exact) mass is 321 g/mol. The molecular formula is C13H18F3N3O3. The molecule has 0 unspecified atom stereocenters. The number of nitrogens with one attached hydrogen (secondary N) is 1. The van der Waals surface area contributed by atoms with Gasteiger partial charge in [-0.15, -0.1) is 0 Å². The Kier molecular flexibility index (Phi) is 4.76. The molecule has 6 nitrogen and oxygen atoms in total. The van der Waals surface area contributed by atoms with Gasteiger partial charge in [0, 0.05) is 20.2 Å². The highest BCUT2D eigenvalue weighted by Gasteiger charge is 2.37. The normalized spacial score (nSPS) is 26.0. The van der Waals surface area contributed by atoms with E-state index in [0.29, 0.717) is 23.6 Å². The van der Waals surface area contributed by atoms with E-state index in [4.69, 9.17) is 4.74 Å². The first-order valence-corrected chi connectivity index (χ1v) is 6.87. The van der Waals surface area contributed by atoms with Crippen molar-refractivity contribution in [3.63, 3.8) is 0 Å². The number of alkyl halides is 3. The van der Waals surface area contributed by atoms with Crippen molar-refractivity contribution in [2.24, 2.45) is 7.05 Å². The number of aliphatic hydroxyl groups is 1. The fourth-order valence-corrected chi connectivity index (χ4v) is 2.64. The topological polar surface area (TPSA) is 76.4 Å². The van der Waals surface area contributed by atoms with E-state index >= 15 is 0 Å². The lowest BCUT2D eigenvalue weighted by Gasteiger charge is -2.34. The first-order valence-electron chi connectivity index (χ1n) is 6.87. The molecule has 1 amide bonds. The molecule has 3 atom stereocenters. The molecule has 1 heterocycles. The fourth-order valence-electron chi connectivity index (χ4n) is 2.64. The van der Waals surface area contributed by atoms with E-state index in [-0.39, 0.29) is 5.69 Å². The maximum absolute atomic E-state index is 12.7. The van der Waals surface area contributed by atoms with Crippen LogP contribution in [0.4, 0.5) is 13.2 Å². The number of hydrogen-bond donors (Lipinski definition) is 2. The Morgan fingerprint density at radius 1 is 1.50 bits per heavy atom. The third-order valence-electron chi connectivity index (χ3n) is 3.82. The Morgan fingerprint density at radius 2 is 2.18 bits per heavy atom. The van der Waals surface area contributed by atoms with Gasteiger partial charge in [0.1, 0.15) is 11.8 Å². The van der Waals surface area contributed by atoms with Gasteiger partial charge in [-0.25, -0.2) is 0 Å². The summed E-state index contributed by atoms with van der Waals surface area (Å²) in [5, 5.41) is 16.2. The van der Waals surface area contributed by atoms with Crippen molar-refractivity contribution in [2.75, 3.05) is 7.11 Å². The molecule has 1 aliphatic rings. The molecule has 0 saturated heterocycles. The van der Waals surface area contributed by atoms with Crippen LogP contribution in [-0.4, -0.2) is 46.2 Å². The molecule has 0 radical (unpaired) electrons. The number of carbonyl (C=O) groups is 1. The summed E-state index contributed by atoms with van der Waals surface area (Å²) in [4.78, 5) is 12.0. The first kappa shape index (κ1) is 16.8. The number of aromatic nitrogens is 2. The number of ether oxygens (including phenoxy) is 1. The first-order chi connectivity index (χ1) is 10.2. The van der Waals surface area contributed by atoms with Crippen LogP contribution in [0.2, 0.25) is 0 Å². The van der Waals surface area contributed by atoms with Gasteiger partial charge in [-0.05, 0) is 19.3 Å². The van der Waals surface area contributed by atoms with Crippen molar-refractivity contribution in [1.29, 1.82) is 0 Å². The SMILES string of the molecule is CO[C@@H]1CCC[C@@H](NC(=O)c2cc(C(F)(F)F)n(C)n2)[C@H]1O. The molecule has 9 heteroatoms. The smallest absolute Gasteiger partial charge is 0.388 e. The molecule has 1 aromatic rings. The maximum atomic E-state index is 12.7. The van der Waals surface area contributed by atoms with Crippen molar-refractivity contribution in [3.8, 4) is 0 Å². The highest BCUT2D eigenvalue weighted by molar-refractivity contribution is 5.92. The summed E-state index contributed by atoms with van der Waals surface area (Å²) < 4.78 is 43.8. The van der Waals surface area contributed by atoms with Crippen LogP contribution in [0.5, 0.6) is 0 Å². The Hall–Kier alpha value is -1.61. The number of aliphatic hydroxyl groups excluding tert-OH is 1. The maximum Gasteiger partial charge on any atom is 0.433 e. The molecule has 124 valence electrons. The van der Waals surface area contributed by atoms with Gasteiger partial charge in [-0.1, -0.05) is 0 Å². The van der Waals surface area contributed by atoms with Gasteiger partial charge < -0.3 is 15.2 Å². The third kappa shape index (κ3) is 3.41. The van der Waals surface area contributed by atoms with E-state index < -0.39 is 36.0 Å². The fraction of sp³-hybridized carbons (Fsp3) is 0.692. The summed E-state index contributed by atoms with van der Waals surface area (Å²) in [5.41, 5.74) is -1.34. The van der Waals surface area contributed by atoms with Crippen molar-refractivity contribution in [2.45, 2.75) is 43.7 Å². The predicted octanol–water partition coefficient (Wildman–Crippen LogP) is 1.10. The molecule has 1 fully saturated rings. The number of aryl methyl sites for hydroxylation is 1. The van der Waals surface area contributed by atoms with Gasteiger partial charge in [0.25, 0.3) is 5.91 Å². The largest absolute Gasteiger partial charge is 0.433 e. The van der Waals surface area contributed by atoms with E-state index in [1.165, 1.54) is 7.11 Å². The van der Waals surface area contributed by atoms with Crippen LogP contribution in [0.3, 0.4) is 0 Å². The van der Waals surface area contributed by atoms with E-state index in [1.807, 2.05) is 0 Å². The van der Waals surface area contributed by atoms with Gasteiger partial charge in [-0.3, -0.25) is 9.48 Å². The molecule has 1 aromatic heterocycles. The molecular weight excluding hydrogens is 303 g/mol. The minimum absolute atomic E-state index is 0.332. The Bertz CT molecular complexity index is 544. The van der Waals surface area contributed by atoms with Crippen LogP contribution in [0.15, 0.2) is 6.07 Å². The van der Waals surface area contributed by atoms with E-state index in [1.54, 1.807) is 0 Å². The number of rotatable bonds is 3.